The molecule has 4 unspecified atom stereocenters. The van der Waals surface area contributed by atoms with Crippen LogP contribution in [0, 0.1) is 0 Å². The highest BCUT2D eigenvalue weighted by Gasteiger charge is 2.30. The second kappa shape index (κ2) is 16.3. The number of carbonyl (C=O) groups excluding carboxylic acids is 5. The van der Waals surface area contributed by atoms with Crippen molar-refractivity contribution in [3.63, 3.8) is 0 Å². The number of carbonyl (C=O) groups is 6. The molecule has 0 aliphatic carbocycles. The van der Waals surface area contributed by atoms with Crippen LogP contribution in [0.2, 0.25) is 0 Å². The monoisotopic (exact) mass is 489 g/mol. The highest BCUT2D eigenvalue weighted by molar-refractivity contribution is 5.94. The molecule has 0 aliphatic rings. The van der Waals surface area contributed by atoms with Crippen LogP contribution < -0.4 is 38.9 Å². The number of nitrogens with two attached hydrogens (primary N) is 4. The highest BCUT2D eigenvalue weighted by atomic mass is 16.4. The molecule has 15 nitrogen and oxygen atoms in total. The summed E-state index contributed by atoms with van der Waals surface area (Å²) in [6, 6.07) is -5.35. The average Bonchev–Trinajstić information content (AvgIpc) is 2.76. The van der Waals surface area contributed by atoms with Crippen molar-refractivity contribution < 1.29 is 39.0 Å². The van der Waals surface area contributed by atoms with Crippen LogP contribution in [0.4, 0.5) is 0 Å². The van der Waals surface area contributed by atoms with Gasteiger partial charge >= 0.3 is 5.97 Å². The number of carboxylic acid groups (broad SMARTS) is 1. The zero-order chi connectivity index (χ0) is 26.3. The van der Waals surface area contributed by atoms with E-state index in [0.717, 1.165) is 0 Å². The maximum atomic E-state index is 12.8. The van der Waals surface area contributed by atoms with Gasteiger partial charge in [0.05, 0.1) is 12.6 Å². The van der Waals surface area contributed by atoms with Gasteiger partial charge in [0.1, 0.15) is 18.1 Å². The third kappa shape index (κ3) is 12.7. The predicted octanol–water partition coefficient (Wildman–Crippen LogP) is -4.50. The molecule has 0 fully saturated rings. The van der Waals surface area contributed by atoms with Gasteiger partial charge < -0.3 is 49.1 Å². The lowest BCUT2D eigenvalue weighted by molar-refractivity contribution is -0.143. The lowest BCUT2D eigenvalue weighted by Gasteiger charge is -2.24. The first-order valence-corrected chi connectivity index (χ1v) is 10.7. The fourth-order valence-corrected chi connectivity index (χ4v) is 2.76. The molecule has 0 saturated carbocycles. The standard InChI is InChI=1S/C19H35N7O8/c20-8-2-1-3-10(21)16(30)24-11(4-6-14(22)28)17(31)25-12(5-7-15(23)29)18(32)26-13(9-27)19(33)34/h10-13,27H,1-9,20-21H2,(H2,22,28)(H2,23,29)(H,24,30)(H,25,31)(H,26,32)(H,33,34). The van der Waals surface area contributed by atoms with Crippen LogP contribution in [0.1, 0.15) is 44.9 Å². The number of hydrogen-bond acceptors (Lipinski definition) is 9. The Kier molecular flexibility index (Phi) is 14.7. The van der Waals surface area contributed by atoms with Gasteiger partial charge in [-0.3, -0.25) is 24.0 Å². The molecule has 15 heteroatoms. The Balaban J connectivity index is 5.47. The van der Waals surface area contributed by atoms with Crippen molar-refractivity contribution in [1.82, 2.24) is 16.0 Å². The molecule has 0 radical (unpaired) electrons. The van der Waals surface area contributed by atoms with E-state index in [4.69, 9.17) is 33.1 Å². The van der Waals surface area contributed by atoms with Gasteiger partial charge in [-0.15, -0.1) is 0 Å². The van der Waals surface area contributed by atoms with Gasteiger partial charge in [0, 0.05) is 12.8 Å². The minimum Gasteiger partial charge on any atom is -0.480 e. The van der Waals surface area contributed by atoms with Crippen LogP contribution >= 0.6 is 0 Å². The van der Waals surface area contributed by atoms with E-state index in [1.807, 2.05) is 5.32 Å². The molecular formula is C19H35N7O8. The maximum absolute atomic E-state index is 12.8. The molecule has 0 heterocycles. The number of rotatable bonds is 18. The van der Waals surface area contributed by atoms with E-state index in [2.05, 4.69) is 10.6 Å². The van der Waals surface area contributed by atoms with E-state index in [-0.39, 0.29) is 25.7 Å². The van der Waals surface area contributed by atoms with Gasteiger partial charge in [-0.05, 0) is 32.2 Å². The summed E-state index contributed by atoms with van der Waals surface area (Å²) in [4.78, 5) is 71.1. The second-order valence-corrected chi connectivity index (χ2v) is 7.61. The largest absolute Gasteiger partial charge is 0.480 e. The van der Waals surface area contributed by atoms with E-state index < -0.39 is 66.3 Å². The summed E-state index contributed by atoms with van der Waals surface area (Å²) in [6.45, 7) is -0.497. The van der Waals surface area contributed by atoms with Crippen molar-refractivity contribution in [2.45, 2.75) is 69.1 Å². The molecule has 0 aliphatic heterocycles. The minimum absolute atomic E-state index is 0.207. The van der Waals surface area contributed by atoms with Gasteiger partial charge in [-0.2, -0.15) is 0 Å². The summed E-state index contributed by atoms with van der Waals surface area (Å²) in [5, 5.41) is 24.8. The summed E-state index contributed by atoms with van der Waals surface area (Å²) in [7, 11) is 0. The number of carboxylic acids is 1. The van der Waals surface area contributed by atoms with Crippen molar-refractivity contribution in [2.75, 3.05) is 13.2 Å². The number of hydrogen-bond donors (Lipinski definition) is 9. The fraction of sp³-hybridized carbons (Fsp3) is 0.684. The topological polar surface area (TPSA) is 283 Å². The van der Waals surface area contributed by atoms with Crippen molar-refractivity contribution >= 4 is 35.5 Å². The zero-order valence-corrected chi connectivity index (χ0v) is 18.8. The van der Waals surface area contributed by atoms with Crippen LogP contribution in [0.5, 0.6) is 0 Å². The van der Waals surface area contributed by atoms with E-state index in [1.165, 1.54) is 0 Å². The van der Waals surface area contributed by atoms with Gasteiger partial charge in [0.25, 0.3) is 0 Å². The molecule has 4 atom stereocenters. The third-order valence-electron chi connectivity index (χ3n) is 4.73. The Bertz CT molecular complexity index is 733. The lowest BCUT2D eigenvalue weighted by atomic mass is 10.1. The molecule has 13 N–H and O–H groups in total. The number of aliphatic hydroxyl groups is 1. The molecule has 0 saturated heterocycles. The van der Waals surface area contributed by atoms with Crippen LogP contribution in [-0.2, 0) is 28.8 Å². The Morgan fingerprint density at radius 3 is 1.53 bits per heavy atom. The normalized spacial score (nSPS) is 14.2. The summed E-state index contributed by atoms with van der Waals surface area (Å²) in [6.07, 6.45) is 0.419. The Morgan fingerprint density at radius 1 is 0.706 bits per heavy atom. The van der Waals surface area contributed by atoms with E-state index in [1.54, 1.807) is 0 Å². The maximum Gasteiger partial charge on any atom is 0.328 e. The zero-order valence-electron chi connectivity index (χ0n) is 18.8. The molecule has 0 aromatic carbocycles. The molecule has 0 aromatic rings. The van der Waals surface area contributed by atoms with Crippen molar-refractivity contribution in [2.24, 2.45) is 22.9 Å². The third-order valence-corrected chi connectivity index (χ3v) is 4.73. The number of unbranched alkanes of at least 4 members (excludes halogenated alkanes) is 1. The van der Waals surface area contributed by atoms with Crippen molar-refractivity contribution in [1.29, 1.82) is 0 Å². The van der Waals surface area contributed by atoms with Crippen LogP contribution in [0.25, 0.3) is 0 Å². The molecule has 194 valence electrons. The number of aliphatic carboxylic acids is 1. The number of amides is 5. The Labute approximate surface area is 196 Å². The number of aliphatic hydroxyl groups excluding tert-OH is 1. The van der Waals surface area contributed by atoms with Crippen LogP contribution in [0.3, 0.4) is 0 Å². The van der Waals surface area contributed by atoms with E-state index in [9.17, 15) is 28.8 Å². The molecule has 0 rings (SSSR count). The van der Waals surface area contributed by atoms with Gasteiger partial charge in [-0.1, -0.05) is 6.42 Å². The van der Waals surface area contributed by atoms with Crippen molar-refractivity contribution in [3.05, 3.63) is 0 Å². The quantitative estimate of drug-likeness (QED) is 0.0831. The van der Waals surface area contributed by atoms with Crippen molar-refractivity contribution in [3.8, 4) is 0 Å². The highest BCUT2D eigenvalue weighted by Crippen LogP contribution is 2.05. The summed E-state index contributed by atoms with van der Waals surface area (Å²) in [5.41, 5.74) is 21.4. The smallest absolute Gasteiger partial charge is 0.328 e. The van der Waals surface area contributed by atoms with Gasteiger partial charge in [-0.25, -0.2) is 4.79 Å². The minimum atomic E-state index is -1.66. The fourth-order valence-electron chi connectivity index (χ4n) is 2.76. The molecule has 34 heavy (non-hydrogen) atoms. The first kappa shape index (κ1) is 30.7. The van der Waals surface area contributed by atoms with Crippen LogP contribution in [-0.4, -0.2) is 83.0 Å². The Morgan fingerprint density at radius 2 is 1.15 bits per heavy atom. The first-order chi connectivity index (χ1) is 15.9. The molecule has 5 amide bonds. The number of primary amides is 2. The SMILES string of the molecule is NCCCCC(N)C(=O)NC(CCC(N)=O)C(=O)NC(CCC(N)=O)C(=O)NC(CO)C(=O)O. The second-order valence-electron chi connectivity index (χ2n) is 7.61. The van der Waals surface area contributed by atoms with Gasteiger partial charge in [0.2, 0.25) is 29.5 Å². The lowest BCUT2D eigenvalue weighted by Crippen LogP contribution is -2.57. The molecule has 0 spiro atoms. The van der Waals surface area contributed by atoms with E-state index >= 15 is 0 Å². The molecule has 0 bridgehead atoms. The average molecular weight is 490 g/mol. The molecule has 0 aromatic heterocycles. The summed E-state index contributed by atoms with van der Waals surface area (Å²) >= 11 is 0. The van der Waals surface area contributed by atoms with E-state index in [0.29, 0.717) is 25.8 Å². The number of nitrogens with one attached hydrogen (secondary N) is 3. The summed E-state index contributed by atoms with van der Waals surface area (Å²) in [5.74, 6) is -5.63. The molecular weight excluding hydrogens is 454 g/mol. The first-order valence-electron chi connectivity index (χ1n) is 10.7. The predicted molar refractivity (Wildman–Crippen MR) is 118 cm³/mol. The summed E-state index contributed by atoms with van der Waals surface area (Å²) < 4.78 is 0. The Hall–Kier alpha value is -3.30. The van der Waals surface area contributed by atoms with Crippen LogP contribution in [0.15, 0.2) is 0 Å². The van der Waals surface area contributed by atoms with Gasteiger partial charge in [0.15, 0.2) is 0 Å².